The van der Waals surface area contributed by atoms with Crippen molar-refractivity contribution in [3.05, 3.63) is 28.2 Å². The first-order valence-electron chi connectivity index (χ1n) is 6.98. The van der Waals surface area contributed by atoms with Crippen LogP contribution in [-0.4, -0.2) is 9.55 Å². The molecule has 1 fully saturated rings. The van der Waals surface area contributed by atoms with Gasteiger partial charge in [0.25, 0.3) is 0 Å². The molecule has 0 aliphatic heterocycles. The van der Waals surface area contributed by atoms with Crippen molar-refractivity contribution in [1.29, 1.82) is 0 Å². The molecule has 0 N–H and O–H groups in total. The van der Waals surface area contributed by atoms with Crippen LogP contribution in [0.5, 0.6) is 0 Å². The number of aromatic nitrogens is 2. The van der Waals surface area contributed by atoms with Crippen LogP contribution in [0.4, 0.5) is 4.39 Å². The standard InChI is InChI=1S/C15H17BrClFN2/c1-8-3-4-10(5-8)20-14-6-11(16)12(18)7-13(14)19-15(20)9(2)17/h6-10H,3-5H2,1-2H3. The van der Waals surface area contributed by atoms with E-state index < -0.39 is 0 Å². The summed E-state index contributed by atoms with van der Waals surface area (Å²) >= 11 is 9.55. The summed E-state index contributed by atoms with van der Waals surface area (Å²) in [5.41, 5.74) is 1.66. The molecule has 1 aliphatic carbocycles. The van der Waals surface area contributed by atoms with E-state index in [0.29, 0.717) is 16.0 Å². The third-order valence-electron chi connectivity index (χ3n) is 4.15. The number of imidazole rings is 1. The van der Waals surface area contributed by atoms with Crippen molar-refractivity contribution in [1.82, 2.24) is 9.55 Å². The van der Waals surface area contributed by atoms with Crippen molar-refractivity contribution in [2.45, 2.75) is 44.5 Å². The number of fused-ring (bicyclic) bond motifs is 1. The van der Waals surface area contributed by atoms with Gasteiger partial charge < -0.3 is 4.57 Å². The predicted molar refractivity (Wildman–Crippen MR) is 83.7 cm³/mol. The molecule has 0 saturated heterocycles. The fourth-order valence-corrected chi connectivity index (χ4v) is 3.67. The van der Waals surface area contributed by atoms with Crippen LogP contribution in [0, 0.1) is 11.7 Å². The summed E-state index contributed by atoms with van der Waals surface area (Å²) in [5, 5.41) is -0.180. The van der Waals surface area contributed by atoms with Gasteiger partial charge in [0.1, 0.15) is 11.6 Å². The minimum absolute atomic E-state index is 0.180. The second-order valence-electron chi connectivity index (χ2n) is 5.78. The zero-order chi connectivity index (χ0) is 14.4. The van der Waals surface area contributed by atoms with Crippen molar-refractivity contribution >= 4 is 38.6 Å². The lowest BCUT2D eigenvalue weighted by Gasteiger charge is -2.18. The van der Waals surface area contributed by atoms with Crippen LogP contribution in [0.2, 0.25) is 0 Å². The van der Waals surface area contributed by atoms with Crippen molar-refractivity contribution in [3.63, 3.8) is 0 Å². The first kappa shape index (κ1) is 14.3. The van der Waals surface area contributed by atoms with E-state index in [2.05, 4.69) is 32.4 Å². The highest BCUT2D eigenvalue weighted by atomic mass is 79.9. The van der Waals surface area contributed by atoms with E-state index in [4.69, 9.17) is 11.6 Å². The molecule has 0 amide bonds. The molecule has 1 aliphatic rings. The molecule has 0 spiro atoms. The van der Waals surface area contributed by atoms with Gasteiger partial charge in [-0.3, -0.25) is 0 Å². The smallest absolute Gasteiger partial charge is 0.139 e. The third-order valence-corrected chi connectivity index (χ3v) is 4.95. The van der Waals surface area contributed by atoms with Crippen molar-refractivity contribution in [2.24, 2.45) is 5.92 Å². The largest absolute Gasteiger partial charge is 0.324 e. The quantitative estimate of drug-likeness (QED) is 0.638. The first-order valence-corrected chi connectivity index (χ1v) is 8.21. The van der Waals surface area contributed by atoms with Crippen LogP contribution in [0.3, 0.4) is 0 Å². The van der Waals surface area contributed by atoms with E-state index in [-0.39, 0.29) is 11.2 Å². The van der Waals surface area contributed by atoms with Crippen LogP contribution in [-0.2, 0) is 0 Å². The van der Waals surface area contributed by atoms with Crippen LogP contribution < -0.4 is 0 Å². The van der Waals surface area contributed by atoms with Gasteiger partial charge >= 0.3 is 0 Å². The van der Waals surface area contributed by atoms with Crippen LogP contribution in [0.15, 0.2) is 16.6 Å². The van der Waals surface area contributed by atoms with E-state index >= 15 is 0 Å². The van der Waals surface area contributed by atoms with Crippen LogP contribution in [0.25, 0.3) is 11.0 Å². The Bertz CT molecular complexity index is 653. The minimum atomic E-state index is -0.282. The summed E-state index contributed by atoms with van der Waals surface area (Å²) in [4.78, 5) is 4.55. The number of alkyl halides is 1. The number of halogens is 3. The molecule has 108 valence electrons. The van der Waals surface area contributed by atoms with Crippen molar-refractivity contribution < 1.29 is 4.39 Å². The molecule has 3 atom stereocenters. The van der Waals surface area contributed by atoms with Gasteiger partial charge in [0.05, 0.1) is 20.9 Å². The highest BCUT2D eigenvalue weighted by molar-refractivity contribution is 9.10. The predicted octanol–water partition coefficient (Wildman–Crippen LogP) is 5.60. The summed E-state index contributed by atoms with van der Waals surface area (Å²) < 4.78 is 16.4. The zero-order valence-corrected chi connectivity index (χ0v) is 13.9. The van der Waals surface area contributed by atoms with Gasteiger partial charge in [-0.05, 0) is 54.1 Å². The highest BCUT2D eigenvalue weighted by Gasteiger charge is 2.28. The van der Waals surface area contributed by atoms with E-state index in [1.165, 1.54) is 12.5 Å². The van der Waals surface area contributed by atoms with Gasteiger partial charge in [-0.15, -0.1) is 11.6 Å². The van der Waals surface area contributed by atoms with Crippen LogP contribution in [0.1, 0.15) is 50.4 Å². The molecule has 3 unspecified atom stereocenters. The molecule has 5 heteroatoms. The first-order chi connectivity index (χ1) is 9.47. The van der Waals surface area contributed by atoms with E-state index in [1.807, 2.05) is 13.0 Å². The van der Waals surface area contributed by atoms with Gasteiger partial charge in [0, 0.05) is 12.1 Å². The van der Waals surface area contributed by atoms with E-state index in [0.717, 1.165) is 30.1 Å². The number of rotatable bonds is 2. The fourth-order valence-electron chi connectivity index (χ4n) is 3.18. The van der Waals surface area contributed by atoms with Crippen LogP contribution >= 0.6 is 27.5 Å². The molecule has 20 heavy (non-hydrogen) atoms. The molecule has 0 radical (unpaired) electrons. The zero-order valence-electron chi connectivity index (χ0n) is 11.5. The second kappa shape index (κ2) is 5.30. The van der Waals surface area contributed by atoms with Gasteiger partial charge in [0.15, 0.2) is 0 Å². The molecule has 1 aromatic heterocycles. The maximum atomic E-state index is 13.7. The molecule has 1 aromatic carbocycles. The monoisotopic (exact) mass is 358 g/mol. The second-order valence-corrected chi connectivity index (χ2v) is 7.29. The summed E-state index contributed by atoms with van der Waals surface area (Å²) in [6.45, 7) is 4.20. The fraction of sp³-hybridized carbons (Fsp3) is 0.533. The Morgan fingerprint density at radius 3 is 2.80 bits per heavy atom. The van der Waals surface area contributed by atoms with Crippen molar-refractivity contribution in [3.8, 4) is 0 Å². The highest BCUT2D eigenvalue weighted by Crippen LogP contribution is 2.39. The lowest BCUT2D eigenvalue weighted by atomic mass is 10.1. The van der Waals surface area contributed by atoms with Gasteiger partial charge in [-0.2, -0.15) is 0 Å². The molecule has 2 aromatic rings. The molecule has 3 rings (SSSR count). The molecule has 0 bridgehead atoms. The molecule has 2 nitrogen and oxygen atoms in total. The Morgan fingerprint density at radius 2 is 2.20 bits per heavy atom. The van der Waals surface area contributed by atoms with Gasteiger partial charge in [0.2, 0.25) is 0 Å². The normalized spacial score (nSPS) is 24.4. The number of hydrogen-bond donors (Lipinski definition) is 0. The molecule has 1 heterocycles. The molecular formula is C15H17BrClFN2. The van der Waals surface area contributed by atoms with E-state index in [9.17, 15) is 4.39 Å². The third kappa shape index (κ3) is 2.37. The summed E-state index contributed by atoms with van der Waals surface area (Å²) in [6, 6.07) is 3.73. The Hall–Kier alpha value is -0.610. The lowest BCUT2D eigenvalue weighted by Crippen LogP contribution is -2.10. The van der Waals surface area contributed by atoms with Gasteiger partial charge in [-0.1, -0.05) is 6.92 Å². The maximum Gasteiger partial charge on any atom is 0.139 e. The Labute approximate surface area is 131 Å². The maximum absolute atomic E-state index is 13.7. The SMILES string of the molecule is CC1CCC(n2c(C(C)Cl)nc3cc(F)c(Br)cc32)C1. The Morgan fingerprint density at radius 1 is 1.45 bits per heavy atom. The summed E-state index contributed by atoms with van der Waals surface area (Å²) in [6.07, 6.45) is 3.50. The summed E-state index contributed by atoms with van der Waals surface area (Å²) in [7, 11) is 0. The van der Waals surface area contributed by atoms with Crippen molar-refractivity contribution in [2.75, 3.05) is 0 Å². The number of nitrogens with zero attached hydrogens (tertiary/aromatic N) is 2. The number of hydrogen-bond acceptors (Lipinski definition) is 1. The molecular weight excluding hydrogens is 343 g/mol. The average molecular weight is 360 g/mol. The topological polar surface area (TPSA) is 17.8 Å². The Kier molecular flexibility index (Phi) is 3.80. The summed E-state index contributed by atoms with van der Waals surface area (Å²) in [5.74, 6) is 1.29. The average Bonchev–Trinajstić information content (AvgIpc) is 2.94. The Balaban J connectivity index is 2.21. The molecule has 1 saturated carbocycles. The van der Waals surface area contributed by atoms with Gasteiger partial charge in [-0.25, -0.2) is 9.37 Å². The van der Waals surface area contributed by atoms with E-state index in [1.54, 1.807) is 0 Å². The lowest BCUT2D eigenvalue weighted by molar-refractivity contribution is 0.488. The minimum Gasteiger partial charge on any atom is -0.324 e. The number of benzene rings is 1.